The molecule has 0 heterocycles. The third kappa shape index (κ3) is 4.06. The van der Waals surface area contributed by atoms with Gasteiger partial charge in [0.25, 0.3) is 0 Å². The summed E-state index contributed by atoms with van der Waals surface area (Å²) in [5.74, 6) is -0.496. The van der Waals surface area contributed by atoms with Crippen LogP contribution in [-0.2, 0) is 13.1 Å². The molecule has 0 fully saturated rings. The van der Waals surface area contributed by atoms with Gasteiger partial charge in [0.1, 0.15) is 0 Å². The molecule has 3 N–H and O–H groups in total. The fourth-order valence-electron chi connectivity index (χ4n) is 1.94. The molecular weight excluding hydrogens is 286 g/mol. The molecule has 21 heavy (non-hydrogen) atoms. The number of amides is 1. The molecule has 0 saturated heterocycles. The van der Waals surface area contributed by atoms with E-state index in [4.69, 9.17) is 22.6 Å². The van der Waals surface area contributed by atoms with Gasteiger partial charge in [-0.15, -0.1) is 0 Å². The normalized spacial score (nSPS) is 10.1. The molecule has 0 aromatic heterocycles. The van der Waals surface area contributed by atoms with Crippen LogP contribution in [0, 0.1) is 11.3 Å². The van der Waals surface area contributed by atoms with Gasteiger partial charge in [0, 0.05) is 23.7 Å². The minimum absolute atomic E-state index is 0.394. The van der Waals surface area contributed by atoms with Crippen LogP contribution in [0.3, 0.4) is 0 Å². The third-order valence-corrected chi connectivity index (χ3v) is 3.39. The van der Waals surface area contributed by atoms with E-state index in [-0.39, 0.29) is 0 Å². The molecule has 0 unspecified atom stereocenters. The lowest BCUT2D eigenvalue weighted by Crippen LogP contribution is -2.14. The lowest BCUT2D eigenvalue weighted by atomic mass is 10.1. The average molecular weight is 300 g/mol. The fraction of sp³-hybridized carbons (Fsp3) is 0.125. The summed E-state index contributed by atoms with van der Waals surface area (Å²) >= 11 is 6.11. The highest BCUT2D eigenvalue weighted by atomic mass is 35.5. The van der Waals surface area contributed by atoms with Crippen molar-refractivity contribution in [2.75, 3.05) is 0 Å². The Morgan fingerprint density at radius 3 is 2.71 bits per heavy atom. The Balaban J connectivity index is 1.97. The van der Waals surface area contributed by atoms with Crippen LogP contribution in [0.15, 0.2) is 42.5 Å². The number of hydrogen-bond donors (Lipinski definition) is 2. The Kier molecular flexibility index (Phi) is 4.94. The van der Waals surface area contributed by atoms with E-state index in [1.807, 2.05) is 18.2 Å². The lowest BCUT2D eigenvalue weighted by Gasteiger charge is -2.08. The molecular formula is C16H14ClN3O. The van der Waals surface area contributed by atoms with Crippen molar-refractivity contribution in [1.29, 1.82) is 5.26 Å². The van der Waals surface area contributed by atoms with E-state index < -0.39 is 5.91 Å². The second-order valence-electron chi connectivity index (χ2n) is 4.59. The van der Waals surface area contributed by atoms with Crippen molar-refractivity contribution in [1.82, 2.24) is 5.32 Å². The van der Waals surface area contributed by atoms with E-state index >= 15 is 0 Å². The first-order valence-corrected chi connectivity index (χ1v) is 6.76. The SMILES string of the molecule is N#Cc1cccc(CNCc2ccc(C(N)=O)cc2Cl)c1. The maximum absolute atomic E-state index is 11.0. The zero-order chi connectivity index (χ0) is 15.2. The summed E-state index contributed by atoms with van der Waals surface area (Å²) in [6.45, 7) is 1.19. The van der Waals surface area contributed by atoms with Gasteiger partial charge in [0.2, 0.25) is 5.91 Å². The van der Waals surface area contributed by atoms with E-state index in [0.717, 1.165) is 11.1 Å². The first kappa shape index (κ1) is 15.0. The quantitative estimate of drug-likeness (QED) is 0.890. The average Bonchev–Trinajstić information content (AvgIpc) is 2.49. The molecule has 0 saturated carbocycles. The molecule has 5 heteroatoms. The number of hydrogen-bond acceptors (Lipinski definition) is 3. The molecule has 1 amide bonds. The summed E-state index contributed by atoms with van der Waals surface area (Å²) < 4.78 is 0. The van der Waals surface area contributed by atoms with Crippen LogP contribution in [0.5, 0.6) is 0 Å². The second-order valence-corrected chi connectivity index (χ2v) is 4.99. The summed E-state index contributed by atoms with van der Waals surface area (Å²) in [7, 11) is 0. The summed E-state index contributed by atoms with van der Waals surface area (Å²) in [6.07, 6.45) is 0. The van der Waals surface area contributed by atoms with Gasteiger partial charge >= 0.3 is 0 Å². The second kappa shape index (κ2) is 6.89. The lowest BCUT2D eigenvalue weighted by molar-refractivity contribution is 0.100. The van der Waals surface area contributed by atoms with E-state index in [1.54, 1.807) is 24.3 Å². The van der Waals surface area contributed by atoms with E-state index in [0.29, 0.717) is 29.2 Å². The summed E-state index contributed by atoms with van der Waals surface area (Å²) in [4.78, 5) is 11.0. The first-order valence-electron chi connectivity index (χ1n) is 6.38. The molecule has 2 aromatic rings. The number of benzene rings is 2. The topological polar surface area (TPSA) is 78.9 Å². The number of rotatable bonds is 5. The van der Waals surface area contributed by atoms with E-state index in [1.165, 1.54) is 0 Å². The van der Waals surface area contributed by atoms with Gasteiger partial charge in [-0.25, -0.2) is 0 Å². The minimum Gasteiger partial charge on any atom is -0.366 e. The number of nitrogens with zero attached hydrogens (tertiary/aromatic N) is 1. The molecule has 2 rings (SSSR count). The van der Waals surface area contributed by atoms with Crippen LogP contribution in [0.4, 0.5) is 0 Å². The number of nitrogens with two attached hydrogens (primary N) is 1. The van der Waals surface area contributed by atoms with Crippen molar-refractivity contribution in [2.45, 2.75) is 13.1 Å². The molecule has 4 nitrogen and oxygen atoms in total. The fourth-order valence-corrected chi connectivity index (χ4v) is 2.18. The van der Waals surface area contributed by atoms with Crippen LogP contribution in [0.25, 0.3) is 0 Å². The number of primary amides is 1. The van der Waals surface area contributed by atoms with Gasteiger partial charge in [0.05, 0.1) is 11.6 Å². The molecule has 0 atom stereocenters. The Morgan fingerprint density at radius 2 is 2.05 bits per heavy atom. The van der Waals surface area contributed by atoms with Crippen molar-refractivity contribution in [3.8, 4) is 6.07 Å². The number of nitrogens with one attached hydrogen (secondary N) is 1. The molecule has 0 spiro atoms. The van der Waals surface area contributed by atoms with Gasteiger partial charge < -0.3 is 11.1 Å². The Morgan fingerprint density at radius 1 is 1.24 bits per heavy atom. The van der Waals surface area contributed by atoms with Crippen molar-refractivity contribution in [3.05, 3.63) is 69.7 Å². The Hall–Kier alpha value is -2.35. The zero-order valence-electron chi connectivity index (χ0n) is 11.3. The monoisotopic (exact) mass is 299 g/mol. The Bertz CT molecular complexity index is 707. The van der Waals surface area contributed by atoms with E-state index in [9.17, 15) is 4.79 Å². The van der Waals surface area contributed by atoms with Crippen LogP contribution in [-0.4, -0.2) is 5.91 Å². The molecule has 0 aliphatic heterocycles. The third-order valence-electron chi connectivity index (χ3n) is 3.04. The predicted molar refractivity (Wildman–Crippen MR) is 81.7 cm³/mol. The van der Waals surface area contributed by atoms with Crippen LogP contribution in [0.2, 0.25) is 5.02 Å². The zero-order valence-corrected chi connectivity index (χ0v) is 12.0. The highest BCUT2D eigenvalue weighted by Gasteiger charge is 2.05. The number of nitriles is 1. The summed E-state index contributed by atoms with van der Waals surface area (Å²) in [6, 6.07) is 14.5. The number of halogens is 1. The standard InChI is InChI=1S/C16H14ClN3O/c17-15-7-13(16(19)21)4-5-14(15)10-20-9-12-3-1-2-11(6-12)8-18/h1-7,20H,9-10H2,(H2,19,21). The molecule has 0 radical (unpaired) electrons. The molecule has 0 aliphatic rings. The van der Waals surface area contributed by atoms with Crippen molar-refractivity contribution in [2.24, 2.45) is 5.73 Å². The van der Waals surface area contributed by atoms with Gasteiger partial charge in [-0.1, -0.05) is 29.8 Å². The molecule has 2 aromatic carbocycles. The van der Waals surface area contributed by atoms with Gasteiger partial charge in [-0.3, -0.25) is 4.79 Å². The van der Waals surface area contributed by atoms with Crippen molar-refractivity contribution >= 4 is 17.5 Å². The molecule has 0 bridgehead atoms. The van der Waals surface area contributed by atoms with Gasteiger partial charge in [0.15, 0.2) is 0 Å². The Labute approximate surface area is 128 Å². The molecule has 0 aliphatic carbocycles. The maximum atomic E-state index is 11.0. The maximum Gasteiger partial charge on any atom is 0.248 e. The first-order chi connectivity index (χ1) is 10.1. The molecule has 106 valence electrons. The smallest absolute Gasteiger partial charge is 0.248 e. The van der Waals surface area contributed by atoms with Crippen molar-refractivity contribution < 1.29 is 4.79 Å². The van der Waals surface area contributed by atoms with Crippen LogP contribution < -0.4 is 11.1 Å². The number of carbonyl (C=O) groups is 1. The highest BCUT2D eigenvalue weighted by Crippen LogP contribution is 2.17. The largest absolute Gasteiger partial charge is 0.366 e. The van der Waals surface area contributed by atoms with Gasteiger partial charge in [-0.05, 0) is 35.4 Å². The minimum atomic E-state index is -0.496. The van der Waals surface area contributed by atoms with Crippen molar-refractivity contribution in [3.63, 3.8) is 0 Å². The van der Waals surface area contributed by atoms with E-state index in [2.05, 4.69) is 11.4 Å². The van der Waals surface area contributed by atoms with Gasteiger partial charge in [-0.2, -0.15) is 5.26 Å². The van der Waals surface area contributed by atoms with Crippen LogP contribution >= 0.6 is 11.6 Å². The summed E-state index contributed by atoms with van der Waals surface area (Å²) in [5, 5.41) is 12.6. The predicted octanol–water partition coefficient (Wildman–Crippen LogP) is 2.60. The summed E-state index contributed by atoms with van der Waals surface area (Å²) in [5.41, 5.74) is 8.14. The van der Waals surface area contributed by atoms with Crippen LogP contribution in [0.1, 0.15) is 27.0 Å². The highest BCUT2D eigenvalue weighted by molar-refractivity contribution is 6.31. The number of carbonyl (C=O) groups excluding carboxylic acids is 1.